The minimum absolute atomic E-state index is 0.223. The Kier molecular flexibility index (Phi) is 4.13. The highest BCUT2D eigenvalue weighted by atomic mass is 16.2. The third kappa shape index (κ3) is 3.17. The van der Waals surface area contributed by atoms with Crippen LogP contribution in [0.5, 0.6) is 0 Å². The molecule has 4 aromatic rings. The van der Waals surface area contributed by atoms with E-state index in [4.69, 9.17) is 5.10 Å². The Labute approximate surface area is 168 Å². The molecule has 5 nitrogen and oxygen atoms in total. The number of aryl methyl sites for hydroxylation is 1. The van der Waals surface area contributed by atoms with Crippen LogP contribution in [0, 0.1) is 6.92 Å². The number of carbonyl (C=O) groups is 1. The maximum absolute atomic E-state index is 13.2. The van der Waals surface area contributed by atoms with Gasteiger partial charge in [0, 0.05) is 27.8 Å². The number of nitrogens with one attached hydrogen (secondary N) is 2. The number of H-pyrrole nitrogens is 1. The highest BCUT2D eigenvalue weighted by Crippen LogP contribution is 2.30. The molecule has 29 heavy (non-hydrogen) atoms. The molecular weight excluding hydrogens is 360 g/mol. The van der Waals surface area contributed by atoms with E-state index in [0.29, 0.717) is 12.3 Å². The molecule has 0 saturated carbocycles. The molecule has 0 atom stereocenters. The minimum atomic E-state index is -0.223. The quantitative estimate of drug-likeness (QED) is 0.534. The molecule has 0 aliphatic carbocycles. The van der Waals surface area contributed by atoms with E-state index in [2.05, 4.69) is 29.4 Å². The van der Waals surface area contributed by atoms with Crippen LogP contribution in [0.2, 0.25) is 0 Å². The molecule has 5 heteroatoms. The number of hydrogen-bond acceptors (Lipinski definition) is 3. The van der Waals surface area contributed by atoms with Crippen LogP contribution in [0.4, 0.5) is 11.4 Å². The average Bonchev–Trinajstić information content (AvgIpc) is 3.13. The molecule has 142 valence electrons. The number of hydrogen-bond donors (Lipinski definition) is 2. The highest BCUT2D eigenvalue weighted by Gasteiger charge is 2.28. The summed E-state index contributed by atoms with van der Waals surface area (Å²) < 4.78 is 0. The van der Waals surface area contributed by atoms with E-state index in [-0.39, 0.29) is 5.91 Å². The van der Waals surface area contributed by atoms with Gasteiger partial charge < -0.3 is 10.3 Å². The van der Waals surface area contributed by atoms with Gasteiger partial charge >= 0.3 is 0 Å². The number of amides is 1. The Morgan fingerprint density at radius 1 is 0.966 bits per heavy atom. The molecule has 0 spiro atoms. The van der Waals surface area contributed by atoms with E-state index in [1.807, 2.05) is 71.7 Å². The molecule has 0 radical (unpaired) electrons. The summed E-state index contributed by atoms with van der Waals surface area (Å²) in [7, 11) is 0. The first-order chi connectivity index (χ1) is 14.2. The fourth-order valence-electron chi connectivity index (χ4n) is 3.68. The number of fused-ring (bicyclic) bond motifs is 3. The first-order valence-corrected chi connectivity index (χ1v) is 9.58. The predicted molar refractivity (Wildman–Crippen MR) is 117 cm³/mol. The monoisotopic (exact) mass is 380 g/mol. The molecule has 2 N–H and O–H groups in total. The molecule has 5 rings (SSSR count). The SMILES string of the molecule is Cc1ccc(N2Cc3[nH]c4ccccc4c3C(C(=O)Nc3ccccc3)=N2)cc1. The first kappa shape index (κ1) is 17.3. The molecule has 1 aliphatic heterocycles. The number of hydrazone groups is 1. The standard InChI is InChI=1S/C24H20N4O/c1-16-11-13-18(14-12-16)28-15-21-22(19-9-5-6-10-20(19)26-21)23(27-28)24(29)25-17-7-3-2-4-8-17/h2-14,26H,15H2,1H3,(H,25,29). The van der Waals surface area contributed by atoms with Gasteiger partial charge in [-0.1, -0.05) is 54.1 Å². The lowest BCUT2D eigenvalue weighted by atomic mass is 10.0. The molecule has 0 unspecified atom stereocenters. The summed E-state index contributed by atoms with van der Waals surface area (Å²) in [5.74, 6) is -0.223. The van der Waals surface area contributed by atoms with Crippen LogP contribution in [-0.2, 0) is 11.3 Å². The van der Waals surface area contributed by atoms with Crippen molar-refractivity contribution in [2.75, 3.05) is 10.3 Å². The van der Waals surface area contributed by atoms with Crippen molar-refractivity contribution in [3.8, 4) is 0 Å². The largest absolute Gasteiger partial charge is 0.356 e. The van der Waals surface area contributed by atoms with Crippen molar-refractivity contribution in [3.63, 3.8) is 0 Å². The molecule has 0 saturated heterocycles. The van der Waals surface area contributed by atoms with Crippen molar-refractivity contribution in [3.05, 3.63) is 95.7 Å². The van der Waals surface area contributed by atoms with Gasteiger partial charge in [-0.3, -0.25) is 9.80 Å². The van der Waals surface area contributed by atoms with E-state index in [9.17, 15) is 4.79 Å². The lowest BCUT2D eigenvalue weighted by molar-refractivity contribution is -0.110. The Morgan fingerprint density at radius 3 is 2.48 bits per heavy atom. The number of carbonyl (C=O) groups excluding carboxylic acids is 1. The zero-order valence-electron chi connectivity index (χ0n) is 16.0. The van der Waals surface area contributed by atoms with E-state index in [1.54, 1.807) is 0 Å². The van der Waals surface area contributed by atoms with Crippen molar-refractivity contribution < 1.29 is 4.79 Å². The average molecular weight is 380 g/mol. The lowest BCUT2D eigenvalue weighted by Gasteiger charge is -2.25. The number of para-hydroxylation sites is 2. The van der Waals surface area contributed by atoms with Crippen LogP contribution in [0.3, 0.4) is 0 Å². The van der Waals surface area contributed by atoms with Crippen molar-refractivity contribution in [1.82, 2.24) is 4.98 Å². The summed E-state index contributed by atoms with van der Waals surface area (Å²) in [5, 5.41) is 10.6. The topological polar surface area (TPSA) is 60.5 Å². The molecule has 0 bridgehead atoms. The first-order valence-electron chi connectivity index (χ1n) is 9.58. The molecule has 3 aromatic carbocycles. The maximum Gasteiger partial charge on any atom is 0.276 e. The van der Waals surface area contributed by atoms with E-state index in [0.717, 1.165) is 33.5 Å². The van der Waals surface area contributed by atoms with Crippen molar-refractivity contribution in [2.24, 2.45) is 5.10 Å². The molecular formula is C24H20N4O. The maximum atomic E-state index is 13.2. The number of benzene rings is 3. The lowest BCUT2D eigenvalue weighted by Crippen LogP contribution is -2.33. The summed E-state index contributed by atoms with van der Waals surface area (Å²) in [6.45, 7) is 2.63. The van der Waals surface area contributed by atoms with Crippen molar-refractivity contribution in [1.29, 1.82) is 0 Å². The molecule has 1 amide bonds. The molecule has 2 heterocycles. The molecule has 0 fully saturated rings. The molecule has 1 aromatic heterocycles. The number of aromatic nitrogens is 1. The van der Waals surface area contributed by atoms with Gasteiger partial charge in [0.25, 0.3) is 5.91 Å². The van der Waals surface area contributed by atoms with Gasteiger partial charge in [0.05, 0.1) is 12.2 Å². The van der Waals surface area contributed by atoms with Crippen LogP contribution >= 0.6 is 0 Å². The van der Waals surface area contributed by atoms with Gasteiger partial charge in [0.15, 0.2) is 5.71 Å². The fourth-order valence-corrected chi connectivity index (χ4v) is 3.68. The van der Waals surface area contributed by atoms with Crippen LogP contribution in [0.25, 0.3) is 10.9 Å². The fraction of sp³-hybridized carbons (Fsp3) is 0.0833. The van der Waals surface area contributed by atoms with Gasteiger partial charge in [-0.05, 0) is 37.3 Å². The second kappa shape index (κ2) is 6.95. The summed E-state index contributed by atoms with van der Waals surface area (Å²) in [6.07, 6.45) is 0. The molecule has 1 aliphatic rings. The second-order valence-corrected chi connectivity index (χ2v) is 7.19. The van der Waals surface area contributed by atoms with Crippen LogP contribution in [0.1, 0.15) is 16.8 Å². The third-order valence-electron chi connectivity index (χ3n) is 5.13. The van der Waals surface area contributed by atoms with Gasteiger partial charge in [-0.25, -0.2) is 0 Å². The Morgan fingerprint density at radius 2 is 1.69 bits per heavy atom. The van der Waals surface area contributed by atoms with Gasteiger partial charge in [0.1, 0.15) is 0 Å². The summed E-state index contributed by atoms with van der Waals surface area (Å²) in [4.78, 5) is 16.7. The minimum Gasteiger partial charge on any atom is -0.356 e. The number of rotatable bonds is 3. The number of aromatic amines is 1. The van der Waals surface area contributed by atoms with Crippen LogP contribution < -0.4 is 10.3 Å². The smallest absolute Gasteiger partial charge is 0.276 e. The Bertz CT molecular complexity index is 1220. The van der Waals surface area contributed by atoms with Crippen molar-refractivity contribution >= 4 is 33.9 Å². The van der Waals surface area contributed by atoms with E-state index >= 15 is 0 Å². The van der Waals surface area contributed by atoms with E-state index in [1.165, 1.54) is 5.56 Å². The van der Waals surface area contributed by atoms with Crippen LogP contribution in [-0.4, -0.2) is 16.6 Å². The zero-order chi connectivity index (χ0) is 19.8. The summed E-state index contributed by atoms with van der Waals surface area (Å²) in [5.41, 5.74) is 6.15. The number of anilines is 2. The zero-order valence-corrected chi connectivity index (χ0v) is 16.0. The number of nitrogens with zero attached hydrogens (tertiary/aromatic N) is 2. The third-order valence-corrected chi connectivity index (χ3v) is 5.13. The van der Waals surface area contributed by atoms with Gasteiger partial charge in [-0.15, -0.1) is 0 Å². The second-order valence-electron chi connectivity index (χ2n) is 7.19. The van der Waals surface area contributed by atoms with E-state index < -0.39 is 0 Å². The normalized spacial score (nSPS) is 13.1. The summed E-state index contributed by atoms with van der Waals surface area (Å²) >= 11 is 0. The Hall–Kier alpha value is -3.86. The van der Waals surface area contributed by atoms with Crippen LogP contribution in [0.15, 0.2) is 84.0 Å². The Balaban J connectivity index is 1.61. The van der Waals surface area contributed by atoms with Gasteiger partial charge in [0.2, 0.25) is 0 Å². The van der Waals surface area contributed by atoms with Gasteiger partial charge in [-0.2, -0.15) is 5.10 Å². The predicted octanol–water partition coefficient (Wildman–Crippen LogP) is 4.84. The van der Waals surface area contributed by atoms with Crippen molar-refractivity contribution in [2.45, 2.75) is 13.5 Å². The highest BCUT2D eigenvalue weighted by molar-refractivity contribution is 6.51. The summed E-state index contributed by atoms with van der Waals surface area (Å²) in [6, 6.07) is 25.6.